The van der Waals surface area contributed by atoms with Crippen LogP contribution in [0.4, 0.5) is 0 Å². The Morgan fingerprint density at radius 3 is 2.50 bits per heavy atom. The first-order valence-electron chi connectivity index (χ1n) is 5.08. The maximum atomic E-state index is 11.1. The minimum Gasteiger partial charge on any atom is -0.468 e. The third-order valence-corrected chi connectivity index (χ3v) is 3.74. The SMILES string of the molecule is NS(=O)(=O)N1CCN(Cc2ccco2)CC1. The van der Waals surface area contributed by atoms with Crippen LogP contribution in [0.15, 0.2) is 22.8 Å². The maximum Gasteiger partial charge on any atom is 0.276 e. The molecule has 0 bridgehead atoms. The fourth-order valence-electron chi connectivity index (χ4n) is 1.77. The molecule has 1 aromatic rings. The monoisotopic (exact) mass is 245 g/mol. The van der Waals surface area contributed by atoms with E-state index in [9.17, 15) is 8.42 Å². The zero-order valence-corrected chi connectivity index (χ0v) is 9.69. The summed E-state index contributed by atoms with van der Waals surface area (Å²) in [5, 5.41) is 5.05. The summed E-state index contributed by atoms with van der Waals surface area (Å²) < 4.78 is 28.7. The molecule has 1 fully saturated rings. The first-order chi connectivity index (χ1) is 7.55. The molecule has 6 nitrogen and oxygen atoms in total. The van der Waals surface area contributed by atoms with Gasteiger partial charge in [-0.2, -0.15) is 12.7 Å². The van der Waals surface area contributed by atoms with Crippen LogP contribution in [-0.4, -0.2) is 43.8 Å². The van der Waals surface area contributed by atoms with Gasteiger partial charge in [0, 0.05) is 26.2 Å². The Morgan fingerprint density at radius 2 is 2.00 bits per heavy atom. The van der Waals surface area contributed by atoms with Crippen LogP contribution >= 0.6 is 0 Å². The lowest BCUT2D eigenvalue weighted by Crippen LogP contribution is -2.50. The van der Waals surface area contributed by atoms with Crippen LogP contribution in [0, 0.1) is 0 Å². The molecule has 0 aliphatic carbocycles. The second-order valence-electron chi connectivity index (χ2n) is 3.80. The molecule has 0 amide bonds. The molecule has 0 spiro atoms. The van der Waals surface area contributed by atoms with Crippen LogP contribution in [0.1, 0.15) is 5.76 Å². The first-order valence-corrected chi connectivity index (χ1v) is 6.58. The van der Waals surface area contributed by atoms with Crippen molar-refractivity contribution in [3.8, 4) is 0 Å². The number of hydrogen-bond acceptors (Lipinski definition) is 4. The molecule has 1 saturated heterocycles. The van der Waals surface area contributed by atoms with Crippen LogP contribution in [0.5, 0.6) is 0 Å². The molecular formula is C9H15N3O3S. The number of nitrogens with zero attached hydrogens (tertiary/aromatic N) is 2. The largest absolute Gasteiger partial charge is 0.468 e. The molecule has 2 heterocycles. The van der Waals surface area contributed by atoms with Gasteiger partial charge in [-0.05, 0) is 12.1 Å². The van der Waals surface area contributed by atoms with Crippen molar-refractivity contribution in [2.24, 2.45) is 5.14 Å². The molecule has 0 aromatic carbocycles. The van der Waals surface area contributed by atoms with Crippen molar-refractivity contribution in [2.75, 3.05) is 26.2 Å². The Balaban J connectivity index is 1.86. The van der Waals surface area contributed by atoms with Gasteiger partial charge in [-0.15, -0.1) is 0 Å². The normalized spacial score (nSPS) is 20.1. The van der Waals surface area contributed by atoms with E-state index in [2.05, 4.69) is 4.90 Å². The molecule has 0 radical (unpaired) electrons. The van der Waals surface area contributed by atoms with E-state index in [4.69, 9.17) is 9.56 Å². The summed E-state index contributed by atoms with van der Waals surface area (Å²) in [6.07, 6.45) is 1.63. The summed E-state index contributed by atoms with van der Waals surface area (Å²) in [5.41, 5.74) is 0. The van der Waals surface area contributed by atoms with Gasteiger partial charge in [0.25, 0.3) is 10.2 Å². The molecule has 90 valence electrons. The number of piperazine rings is 1. The number of rotatable bonds is 3. The third-order valence-electron chi connectivity index (χ3n) is 2.65. The number of nitrogens with two attached hydrogens (primary N) is 1. The van der Waals surface area contributed by atoms with Crippen molar-refractivity contribution >= 4 is 10.2 Å². The molecule has 0 atom stereocenters. The summed E-state index contributed by atoms with van der Waals surface area (Å²) in [6.45, 7) is 2.96. The molecule has 2 N–H and O–H groups in total. The van der Waals surface area contributed by atoms with E-state index in [1.54, 1.807) is 6.26 Å². The second kappa shape index (κ2) is 4.54. The highest BCUT2D eigenvalue weighted by Gasteiger charge is 2.23. The number of hydrogen-bond donors (Lipinski definition) is 1. The average molecular weight is 245 g/mol. The summed E-state index contributed by atoms with van der Waals surface area (Å²) in [7, 11) is -3.53. The van der Waals surface area contributed by atoms with Crippen LogP contribution in [-0.2, 0) is 16.8 Å². The molecule has 0 saturated carbocycles. The molecule has 1 aliphatic heterocycles. The third kappa shape index (κ3) is 2.82. The Kier molecular flexibility index (Phi) is 3.29. The smallest absolute Gasteiger partial charge is 0.276 e. The van der Waals surface area contributed by atoms with Crippen LogP contribution in [0.25, 0.3) is 0 Å². The Hall–Kier alpha value is -0.890. The van der Waals surface area contributed by atoms with Crippen molar-refractivity contribution in [3.05, 3.63) is 24.2 Å². The zero-order valence-electron chi connectivity index (χ0n) is 8.87. The highest BCUT2D eigenvalue weighted by molar-refractivity contribution is 7.86. The Morgan fingerprint density at radius 1 is 1.31 bits per heavy atom. The van der Waals surface area contributed by atoms with Crippen molar-refractivity contribution in [1.29, 1.82) is 0 Å². The van der Waals surface area contributed by atoms with Gasteiger partial charge < -0.3 is 4.42 Å². The van der Waals surface area contributed by atoms with E-state index in [0.717, 1.165) is 5.76 Å². The lowest BCUT2D eigenvalue weighted by atomic mass is 10.3. The van der Waals surface area contributed by atoms with Crippen molar-refractivity contribution in [1.82, 2.24) is 9.21 Å². The van der Waals surface area contributed by atoms with Gasteiger partial charge in [-0.3, -0.25) is 4.90 Å². The summed E-state index contributed by atoms with van der Waals surface area (Å²) in [4.78, 5) is 2.14. The van der Waals surface area contributed by atoms with Gasteiger partial charge in [0.2, 0.25) is 0 Å². The molecule has 1 aromatic heterocycles. The molecule has 7 heteroatoms. The number of furan rings is 1. The van der Waals surface area contributed by atoms with Crippen LogP contribution < -0.4 is 5.14 Å². The van der Waals surface area contributed by atoms with E-state index in [1.165, 1.54) is 4.31 Å². The van der Waals surface area contributed by atoms with Crippen LogP contribution in [0.2, 0.25) is 0 Å². The van der Waals surface area contributed by atoms with Gasteiger partial charge >= 0.3 is 0 Å². The van der Waals surface area contributed by atoms with Crippen molar-refractivity contribution < 1.29 is 12.8 Å². The molecule has 16 heavy (non-hydrogen) atoms. The maximum absolute atomic E-state index is 11.1. The van der Waals surface area contributed by atoms with E-state index in [0.29, 0.717) is 32.7 Å². The quantitative estimate of drug-likeness (QED) is 0.786. The van der Waals surface area contributed by atoms with Crippen molar-refractivity contribution in [3.63, 3.8) is 0 Å². The van der Waals surface area contributed by atoms with Gasteiger partial charge in [-0.1, -0.05) is 0 Å². The predicted molar refractivity (Wildman–Crippen MR) is 58.7 cm³/mol. The summed E-state index contributed by atoms with van der Waals surface area (Å²) in [5.74, 6) is 0.893. The highest BCUT2D eigenvalue weighted by Crippen LogP contribution is 2.09. The lowest BCUT2D eigenvalue weighted by molar-refractivity contribution is 0.171. The Bertz CT molecular complexity index is 421. The van der Waals surface area contributed by atoms with Gasteiger partial charge in [-0.25, -0.2) is 5.14 Å². The highest BCUT2D eigenvalue weighted by atomic mass is 32.2. The fourth-order valence-corrected chi connectivity index (χ4v) is 2.44. The fraction of sp³-hybridized carbons (Fsp3) is 0.556. The van der Waals surface area contributed by atoms with E-state index in [1.807, 2.05) is 12.1 Å². The zero-order chi connectivity index (χ0) is 11.6. The first kappa shape index (κ1) is 11.6. The van der Waals surface area contributed by atoms with Gasteiger partial charge in [0.15, 0.2) is 0 Å². The van der Waals surface area contributed by atoms with E-state index >= 15 is 0 Å². The minimum atomic E-state index is -3.53. The topological polar surface area (TPSA) is 79.8 Å². The van der Waals surface area contributed by atoms with Crippen LogP contribution in [0.3, 0.4) is 0 Å². The predicted octanol–water partition coefficient (Wildman–Crippen LogP) is -0.399. The summed E-state index contributed by atoms with van der Waals surface area (Å²) in [6, 6.07) is 3.75. The minimum absolute atomic E-state index is 0.444. The van der Waals surface area contributed by atoms with E-state index in [-0.39, 0.29) is 0 Å². The van der Waals surface area contributed by atoms with Crippen molar-refractivity contribution in [2.45, 2.75) is 6.54 Å². The molecule has 2 rings (SSSR count). The molecule has 0 unspecified atom stereocenters. The molecule has 1 aliphatic rings. The van der Waals surface area contributed by atoms with Gasteiger partial charge in [0.05, 0.1) is 12.8 Å². The summed E-state index contributed by atoms with van der Waals surface area (Å²) >= 11 is 0. The Labute approximate surface area is 94.8 Å². The second-order valence-corrected chi connectivity index (χ2v) is 5.35. The molecular weight excluding hydrogens is 230 g/mol. The lowest BCUT2D eigenvalue weighted by Gasteiger charge is -2.32. The average Bonchev–Trinajstić information content (AvgIpc) is 2.70. The van der Waals surface area contributed by atoms with E-state index < -0.39 is 10.2 Å². The van der Waals surface area contributed by atoms with Gasteiger partial charge in [0.1, 0.15) is 5.76 Å². The standard InChI is InChI=1S/C9H15N3O3S/c10-16(13,14)12-5-3-11(4-6-12)8-9-2-1-7-15-9/h1-2,7H,3-6,8H2,(H2,10,13,14).